The van der Waals surface area contributed by atoms with Crippen molar-refractivity contribution in [3.63, 3.8) is 0 Å². The lowest BCUT2D eigenvalue weighted by Gasteiger charge is -2.43. The first-order valence-electron chi connectivity index (χ1n) is 10.9. The van der Waals surface area contributed by atoms with E-state index in [1.165, 1.54) is 4.90 Å². The Balaban J connectivity index is 3.34. The summed E-state index contributed by atoms with van der Waals surface area (Å²) in [4.78, 5) is 27.1. The minimum atomic E-state index is -1.71. The van der Waals surface area contributed by atoms with Gasteiger partial charge in [-0.05, 0) is 66.0 Å². The van der Waals surface area contributed by atoms with Gasteiger partial charge >= 0.3 is 12.1 Å². The predicted octanol–water partition coefficient (Wildman–Crippen LogP) is 4.08. The lowest BCUT2D eigenvalue weighted by Crippen LogP contribution is -2.59. The molecule has 1 fully saturated rings. The van der Waals surface area contributed by atoms with E-state index < -0.39 is 44.1 Å². The Bertz CT molecular complexity index is 617. The number of ether oxygens (including phenoxy) is 2. The second kappa shape index (κ2) is 9.16. The fourth-order valence-electron chi connectivity index (χ4n) is 3.64. The van der Waals surface area contributed by atoms with Gasteiger partial charge < -0.3 is 19.0 Å². The Morgan fingerprint density at radius 1 is 1.03 bits per heavy atom. The van der Waals surface area contributed by atoms with E-state index in [4.69, 9.17) is 13.9 Å². The standard InChI is InChI=1S/C22H43NO6Si/c1-19(2,3)15-13-22(29-30(10)11,16(24)12-17(25)27-20(4,5)6)23(14-15)18(26)28-21(7,8)9/h15-16,24,30H,12-14H2,1-11H3/t15-,16?,22-/m0/s1. The minimum Gasteiger partial charge on any atom is -0.460 e. The number of aliphatic hydroxyl groups is 1. The smallest absolute Gasteiger partial charge is 0.412 e. The number of hydrogen-bond donors (Lipinski definition) is 1. The zero-order valence-electron chi connectivity index (χ0n) is 20.8. The van der Waals surface area contributed by atoms with E-state index in [1.54, 1.807) is 41.5 Å². The maximum atomic E-state index is 13.2. The van der Waals surface area contributed by atoms with Gasteiger partial charge in [-0.2, -0.15) is 0 Å². The third kappa shape index (κ3) is 7.53. The van der Waals surface area contributed by atoms with Crippen molar-refractivity contribution in [1.82, 2.24) is 4.90 Å². The van der Waals surface area contributed by atoms with Crippen molar-refractivity contribution in [2.45, 2.75) is 111 Å². The van der Waals surface area contributed by atoms with Gasteiger partial charge in [0.1, 0.15) is 17.3 Å². The van der Waals surface area contributed by atoms with Gasteiger partial charge in [-0.3, -0.25) is 9.69 Å². The molecule has 7 nitrogen and oxygen atoms in total. The summed E-state index contributed by atoms with van der Waals surface area (Å²) >= 11 is 0. The van der Waals surface area contributed by atoms with E-state index in [-0.39, 0.29) is 17.8 Å². The quantitative estimate of drug-likeness (QED) is 0.507. The van der Waals surface area contributed by atoms with Crippen LogP contribution >= 0.6 is 0 Å². The molecule has 1 amide bonds. The molecule has 30 heavy (non-hydrogen) atoms. The number of amides is 1. The number of aliphatic hydroxyl groups excluding tert-OH is 1. The van der Waals surface area contributed by atoms with Crippen LogP contribution in [0.3, 0.4) is 0 Å². The summed E-state index contributed by atoms with van der Waals surface area (Å²) in [6.45, 7) is 21.4. The molecule has 0 spiro atoms. The molecule has 0 radical (unpaired) electrons. The summed E-state index contributed by atoms with van der Waals surface area (Å²) in [6.07, 6.45) is -1.58. The Hall–Kier alpha value is -1.12. The number of esters is 1. The van der Waals surface area contributed by atoms with Crippen LogP contribution in [0, 0.1) is 11.3 Å². The number of likely N-dealkylation sites (tertiary alicyclic amines) is 1. The van der Waals surface area contributed by atoms with Crippen LogP contribution in [-0.4, -0.2) is 60.7 Å². The summed E-state index contributed by atoms with van der Waals surface area (Å²) in [5, 5.41) is 11.3. The SMILES string of the molecule is C[SiH](C)O[C@]1(C(O)CC(=O)OC(C)(C)C)C[C@H](C(C)(C)C)CN1C(=O)OC(C)(C)C. The number of nitrogens with zero attached hydrogens (tertiary/aromatic N) is 1. The van der Waals surface area contributed by atoms with E-state index >= 15 is 0 Å². The van der Waals surface area contributed by atoms with Crippen LogP contribution in [0.15, 0.2) is 0 Å². The molecule has 1 unspecified atom stereocenters. The molecule has 1 aliphatic heterocycles. The molecule has 0 bridgehead atoms. The number of carbonyl (C=O) groups excluding carboxylic acids is 2. The van der Waals surface area contributed by atoms with Crippen molar-refractivity contribution in [3.05, 3.63) is 0 Å². The van der Waals surface area contributed by atoms with Gasteiger partial charge in [0.2, 0.25) is 0 Å². The molecule has 1 aliphatic rings. The molecule has 1 saturated heterocycles. The Morgan fingerprint density at radius 3 is 1.93 bits per heavy atom. The fourth-order valence-corrected chi connectivity index (χ4v) is 4.84. The Labute approximate surface area is 184 Å². The molecule has 0 saturated carbocycles. The molecular weight excluding hydrogens is 402 g/mol. The van der Waals surface area contributed by atoms with Gasteiger partial charge in [0.05, 0.1) is 6.42 Å². The summed E-state index contributed by atoms with van der Waals surface area (Å²) < 4.78 is 17.4. The topological polar surface area (TPSA) is 85.3 Å². The van der Waals surface area contributed by atoms with Crippen molar-refractivity contribution in [3.8, 4) is 0 Å². The van der Waals surface area contributed by atoms with Crippen molar-refractivity contribution >= 4 is 21.1 Å². The van der Waals surface area contributed by atoms with Crippen molar-refractivity contribution in [1.29, 1.82) is 0 Å². The largest absolute Gasteiger partial charge is 0.460 e. The number of carbonyl (C=O) groups is 2. The van der Waals surface area contributed by atoms with Gasteiger partial charge in [0.15, 0.2) is 14.8 Å². The first kappa shape index (κ1) is 26.9. The van der Waals surface area contributed by atoms with Crippen molar-refractivity contribution in [2.24, 2.45) is 11.3 Å². The highest BCUT2D eigenvalue weighted by Gasteiger charge is 2.57. The molecule has 8 heteroatoms. The van der Waals surface area contributed by atoms with Gasteiger partial charge in [-0.25, -0.2) is 4.79 Å². The fraction of sp³-hybridized carbons (Fsp3) is 0.909. The zero-order valence-corrected chi connectivity index (χ0v) is 21.9. The normalized spacial score (nSPS) is 24.2. The summed E-state index contributed by atoms with van der Waals surface area (Å²) in [5.74, 6) is -0.446. The van der Waals surface area contributed by atoms with E-state index in [1.807, 2.05) is 13.1 Å². The van der Waals surface area contributed by atoms with Gasteiger partial charge in [-0.1, -0.05) is 20.8 Å². The van der Waals surface area contributed by atoms with Gasteiger partial charge in [0.25, 0.3) is 0 Å². The van der Waals surface area contributed by atoms with Crippen molar-refractivity contribution < 1.29 is 28.6 Å². The molecule has 1 heterocycles. The molecule has 0 aromatic carbocycles. The van der Waals surface area contributed by atoms with Gasteiger partial charge in [-0.15, -0.1) is 0 Å². The van der Waals surface area contributed by atoms with Crippen LogP contribution in [0.25, 0.3) is 0 Å². The Morgan fingerprint density at radius 2 is 1.53 bits per heavy atom. The maximum absolute atomic E-state index is 13.2. The highest BCUT2D eigenvalue weighted by molar-refractivity contribution is 6.48. The van der Waals surface area contributed by atoms with Crippen LogP contribution in [0.5, 0.6) is 0 Å². The zero-order chi connectivity index (χ0) is 23.7. The number of rotatable bonds is 5. The molecule has 0 aromatic rings. The third-order valence-electron chi connectivity index (χ3n) is 4.98. The van der Waals surface area contributed by atoms with E-state index in [9.17, 15) is 14.7 Å². The molecule has 3 atom stereocenters. The highest BCUT2D eigenvalue weighted by Crippen LogP contribution is 2.46. The van der Waals surface area contributed by atoms with Crippen LogP contribution in [-0.2, 0) is 18.7 Å². The highest BCUT2D eigenvalue weighted by atomic mass is 28.3. The second-order valence-electron chi connectivity index (χ2n) is 11.7. The molecule has 0 aromatic heterocycles. The van der Waals surface area contributed by atoms with E-state index in [0.29, 0.717) is 13.0 Å². The number of hydrogen-bond acceptors (Lipinski definition) is 6. The average Bonchev–Trinajstić information content (AvgIpc) is 2.83. The van der Waals surface area contributed by atoms with Crippen LogP contribution in [0.2, 0.25) is 13.1 Å². The predicted molar refractivity (Wildman–Crippen MR) is 120 cm³/mol. The lowest BCUT2D eigenvalue weighted by molar-refractivity contribution is -0.171. The minimum absolute atomic E-state index is 0.0751. The molecule has 176 valence electrons. The first-order chi connectivity index (χ1) is 13.3. The molecule has 1 N–H and O–H groups in total. The summed E-state index contributed by atoms with van der Waals surface area (Å²) in [5.41, 5.74) is -2.77. The summed E-state index contributed by atoms with van der Waals surface area (Å²) in [6, 6.07) is 0. The van der Waals surface area contributed by atoms with Gasteiger partial charge in [0, 0.05) is 13.0 Å². The van der Waals surface area contributed by atoms with Crippen molar-refractivity contribution in [2.75, 3.05) is 6.54 Å². The monoisotopic (exact) mass is 445 g/mol. The maximum Gasteiger partial charge on any atom is 0.412 e. The lowest BCUT2D eigenvalue weighted by atomic mass is 9.78. The molecule has 1 rings (SSSR count). The summed E-state index contributed by atoms with van der Waals surface area (Å²) in [7, 11) is -1.71. The second-order valence-corrected chi connectivity index (χ2v) is 14.0. The first-order valence-corrected chi connectivity index (χ1v) is 13.6. The van der Waals surface area contributed by atoms with E-state index in [0.717, 1.165) is 0 Å². The van der Waals surface area contributed by atoms with Crippen LogP contribution in [0.1, 0.15) is 75.2 Å². The molecule has 0 aliphatic carbocycles. The molecular formula is C22H43NO6Si. The third-order valence-corrected chi connectivity index (χ3v) is 5.86. The van der Waals surface area contributed by atoms with Crippen LogP contribution in [0.4, 0.5) is 4.79 Å². The Kier molecular flexibility index (Phi) is 8.22. The van der Waals surface area contributed by atoms with Crippen LogP contribution < -0.4 is 0 Å². The average molecular weight is 446 g/mol. The van der Waals surface area contributed by atoms with E-state index in [2.05, 4.69) is 20.8 Å².